The van der Waals surface area contributed by atoms with Gasteiger partial charge < -0.3 is 10.2 Å². The van der Waals surface area contributed by atoms with Crippen molar-refractivity contribution in [1.29, 1.82) is 5.26 Å². The van der Waals surface area contributed by atoms with Crippen LogP contribution in [0.4, 0.5) is 11.4 Å². The number of carbonyl (C=O) groups is 2. The molecule has 0 saturated heterocycles. The quantitative estimate of drug-likeness (QED) is 0.924. The van der Waals surface area contributed by atoms with Gasteiger partial charge in [-0.15, -0.1) is 0 Å². The number of amides is 2. The van der Waals surface area contributed by atoms with E-state index in [4.69, 9.17) is 16.9 Å². The van der Waals surface area contributed by atoms with E-state index in [2.05, 4.69) is 5.32 Å². The lowest BCUT2D eigenvalue weighted by molar-refractivity contribution is -0.120. The fourth-order valence-electron chi connectivity index (χ4n) is 2.30. The second-order valence-corrected chi connectivity index (χ2v) is 5.71. The second-order valence-electron chi connectivity index (χ2n) is 5.28. The van der Waals surface area contributed by atoms with Crippen LogP contribution in [0.5, 0.6) is 0 Å². The third kappa shape index (κ3) is 4.34. The molecule has 0 bridgehead atoms. The highest BCUT2D eigenvalue weighted by molar-refractivity contribution is 6.30. The largest absolute Gasteiger partial charge is 0.324 e. The zero-order valence-electron chi connectivity index (χ0n) is 13.3. The van der Waals surface area contributed by atoms with Crippen molar-refractivity contribution >= 4 is 34.8 Å². The fourth-order valence-corrected chi connectivity index (χ4v) is 2.53. The van der Waals surface area contributed by atoms with E-state index in [0.29, 0.717) is 22.0 Å². The molecule has 0 aliphatic carbocycles. The van der Waals surface area contributed by atoms with Gasteiger partial charge in [-0.3, -0.25) is 9.59 Å². The van der Waals surface area contributed by atoms with Gasteiger partial charge in [-0.05, 0) is 48.9 Å². The third-order valence-corrected chi connectivity index (χ3v) is 3.64. The van der Waals surface area contributed by atoms with Gasteiger partial charge in [0.25, 0.3) is 0 Å². The molecule has 0 radical (unpaired) electrons. The van der Waals surface area contributed by atoms with Crippen LogP contribution < -0.4 is 10.2 Å². The normalized spacial score (nSPS) is 9.92. The summed E-state index contributed by atoms with van der Waals surface area (Å²) in [6.07, 6.45) is 0. The minimum Gasteiger partial charge on any atom is -0.324 e. The second kappa shape index (κ2) is 7.62. The lowest BCUT2D eigenvalue weighted by Gasteiger charge is -2.22. The number of benzene rings is 2. The van der Waals surface area contributed by atoms with Gasteiger partial charge in [-0.1, -0.05) is 17.7 Å². The summed E-state index contributed by atoms with van der Waals surface area (Å²) in [4.78, 5) is 25.6. The minimum absolute atomic E-state index is 0.130. The summed E-state index contributed by atoms with van der Waals surface area (Å²) in [6.45, 7) is 3.09. The van der Waals surface area contributed by atoms with Crippen LogP contribution in [0.25, 0.3) is 0 Å². The number of rotatable bonds is 4. The molecule has 2 aromatic rings. The molecule has 0 spiro atoms. The fraction of sp³-hybridized carbons (Fsp3) is 0.167. The zero-order valence-corrected chi connectivity index (χ0v) is 14.1. The number of hydrogen-bond acceptors (Lipinski definition) is 3. The van der Waals surface area contributed by atoms with Gasteiger partial charge in [0.2, 0.25) is 11.8 Å². The molecule has 0 heterocycles. The maximum absolute atomic E-state index is 12.3. The van der Waals surface area contributed by atoms with Crippen molar-refractivity contribution in [3.8, 4) is 6.07 Å². The molecule has 122 valence electrons. The summed E-state index contributed by atoms with van der Waals surface area (Å²) in [6, 6.07) is 13.7. The molecule has 2 amide bonds. The molecule has 0 saturated carbocycles. The third-order valence-electron chi connectivity index (χ3n) is 3.41. The topological polar surface area (TPSA) is 73.2 Å². The summed E-state index contributed by atoms with van der Waals surface area (Å²) in [5, 5.41) is 12.1. The van der Waals surface area contributed by atoms with Gasteiger partial charge in [0.1, 0.15) is 6.54 Å². The van der Waals surface area contributed by atoms with Gasteiger partial charge in [0.15, 0.2) is 0 Å². The van der Waals surface area contributed by atoms with Crippen LogP contribution in [0, 0.1) is 18.3 Å². The van der Waals surface area contributed by atoms with Gasteiger partial charge in [0, 0.05) is 23.3 Å². The Bertz CT molecular complexity index is 827. The van der Waals surface area contributed by atoms with Crippen molar-refractivity contribution in [1.82, 2.24) is 0 Å². The van der Waals surface area contributed by atoms with Crippen molar-refractivity contribution in [3.05, 3.63) is 58.6 Å². The number of hydrogen-bond donors (Lipinski definition) is 1. The Balaban J connectivity index is 2.17. The van der Waals surface area contributed by atoms with Crippen molar-refractivity contribution < 1.29 is 9.59 Å². The van der Waals surface area contributed by atoms with Crippen LogP contribution in [-0.4, -0.2) is 18.4 Å². The molecule has 24 heavy (non-hydrogen) atoms. The summed E-state index contributed by atoms with van der Waals surface area (Å²) < 4.78 is 0. The first-order valence-corrected chi connectivity index (χ1v) is 7.63. The summed E-state index contributed by atoms with van der Waals surface area (Å²) in [5.74, 6) is -0.601. The van der Waals surface area contributed by atoms with Gasteiger partial charge >= 0.3 is 0 Å². The van der Waals surface area contributed by atoms with E-state index in [0.717, 1.165) is 5.56 Å². The van der Waals surface area contributed by atoms with E-state index < -0.39 is 0 Å². The highest BCUT2D eigenvalue weighted by Gasteiger charge is 2.18. The lowest BCUT2D eigenvalue weighted by Crippen LogP contribution is -2.37. The molecular weight excluding hydrogens is 326 g/mol. The number of nitrogens with one attached hydrogen (secondary N) is 1. The van der Waals surface area contributed by atoms with Crippen molar-refractivity contribution in [3.63, 3.8) is 0 Å². The predicted octanol–water partition coefficient (Wildman–Crippen LogP) is 3.51. The first-order valence-electron chi connectivity index (χ1n) is 7.25. The molecule has 1 N–H and O–H groups in total. The predicted molar refractivity (Wildman–Crippen MR) is 94.0 cm³/mol. The smallest absolute Gasteiger partial charge is 0.244 e. The standard InChI is InChI=1S/C18H16ClN3O2/c1-12-8-15(19)6-7-17(12)22(13(2)23)11-18(24)21-16-5-3-4-14(9-16)10-20/h3-9H,11H2,1-2H3,(H,21,24). The molecule has 2 rings (SSSR count). The Morgan fingerprint density at radius 3 is 2.62 bits per heavy atom. The zero-order chi connectivity index (χ0) is 17.7. The number of halogens is 1. The molecule has 0 aliphatic heterocycles. The highest BCUT2D eigenvalue weighted by Crippen LogP contribution is 2.24. The lowest BCUT2D eigenvalue weighted by atomic mass is 10.1. The van der Waals surface area contributed by atoms with Crippen molar-refractivity contribution in [2.45, 2.75) is 13.8 Å². The van der Waals surface area contributed by atoms with Crippen LogP contribution in [0.1, 0.15) is 18.1 Å². The Hall–Kier alpha value is -2.84. The first-order chi connectivity index (χ1) is 11.4. The van der Waals surface area contributed by atoms with Crippen LogP contribution in [0.15, 0.2) is 42.5 Å². The molecule has 0 atom stereocenters. The van der Waals surface area contributed by atoms with E-state index >= 15 is 0 Å². The van der Waals surface area contributed by atoms with E-state index in [-0.39, 0.29) is 18.4 Å². The maximum atomic E-state index is 12.3. The number of anilines is 2. The number of aryl methyl sites for hydroxylation is 1. The van der Waals surface area contributed by atoms with E-state index in [1.54, 1.807) is 42.5 Å². The van der Waals surface area contributed by atoms with E-state index in [1.807, 2.05) is 13.0 Å². The van der Waals surface area contributed by atoms with E-state index in [9.17, 15) is 9.59 Å². The molecule has 2 aromatic carbocycles. The maximum Gasteiger partial charge on any atom is 0.244 e. The Morgan fingerprint density at radius 1 is 1.25 bits per heavy atom. The molecule has 0 fully saturated rings. The van der Waals surface area contributed by atoms with Gasteiger partial charge in [-0.2, -0.15) is 5.26 Å². The monoisotopic (exact) mass is 341 g/mol. The SMILES string of the molecule is CC(=O)N(CC(=O)Nc1cccc(C#N)c1)c1ccc(Cl)cc1C. The van der Waals surface area contributed by atoms with Crippen LogP contribution in [-0.2, 0) is 9.59 Å². The van der Waals surface area contributed by atoms with Crippen LogP contribution >= 0.6 is 11.6 Å². The Kier molecular flexibility index (Phi) is 5.56. The van der Waals surface area contributed by atoms with Crippen molar-refractivity contribution in [2.24, 2.45) is 0 Å². The molecule has 0 unspecified atom stereocenters. The molecule has 6 heteroatoms. The highest BCUT2D eigenvalue weighted by atomic mass is 35.5. The summed E-state index contributed by atoms with van der Waals surface area (Å²) in [5.41, 5.74) is 2.39. The molecule has 5 nitrogen and oxygen atoms in total. The van der Waals surface area contributed by atoms with Gasteiger partial charge in [0.05, 0.1) is 11.6 Å². The van der Waals surface area contributed by atoms with E-state index in [1.165, 1.54) is 11.8 Å². The van der Waals surface area contributed by atoms with Gasteiger partial charge in [-0.25, -0.2) is 0 Å². The Labute approximate surface area is 145 Å². The molecule has 0 aromatic heterocycles. The molecular formula is C18H16ClN3O2. The van der Waals surface area contributed by atoms with Crippen LogP contribution in [0.3, 0.4) is 0 Å². The average Bonchev–Trinajstić information content (AvgIpc) is 2.53. The number of carbonyl (C=O) groups excluding carboxylic acids is 2. The number of nitriles is 1. The summed E-state index contributed by atoms with van der Waals surface area (Å²) >= 11 is 5.93. The average molecular weight is 342 g/mol. The van der Waals surface area contributed by atoms with Crippen molar-refractivity contribution in [2.75, 3.05) is 16.8 Å². The minimum atomic E-state index is -0.352. The Morgan fingerprint density at radius 2 is 2.00 bits per heavy atom. The molecule has 0 aliphatic rings. The first kappa shape index (κ1) is 17.5. The number of nitrogens with zero attached hydrogens (tertiary/aromatic N) is 2. The summed E-state index contributed by atoms with van der Waals surface area (Å²) in [7, 11) is 0. The van der Waals surface area contributed by atoms with Crippen LogP contribution in [0.2, 0.25) is 5.02 Å².